The standard InChI is InChI=1S/C12H15ClO4S/c1-2-3-4-7-18(16,17)11-8-9(12(14)15)5-6-10(11)13/h5-6,8H,2-4,7H2,1H3,(H,14,15). The molecule has 0 heterocycles. The Balaban J connectivity index is 3.07. The summed E-state index contributed by atoms with van der Waals surface area (Å²) in [6.45, 7) is 1.98. The fourth-order valence-electron chi connectivity index (χ4n) is 1.53. The van der Waals surface area contributed by atoms with Crippen LogP contribution in [0.15, 0.2) is 23.1 Å². The molecule has 0 bridgehead atoms. The van der Waals surface area contributed by atoms with E-state index >= 15 is 0 Å². The Hall–Kier alpha value is -1.07. The maximum Gasteiger partial charge on any atom is 0.335 e. The lowest BCUT2D eigenvalue weighted by atomic mass is 10.2. The normalized spacial score (nSPS) is 11.4. The lowest BCUT2D eigenvalue weighted by molar-refractivity contribution is 0.0696. The van der Waals surface area contributed by atoms with Gasteiger partial charge in [-0.15, -0.1) is 0 Å². The first-order valence-electron chi connectivity index (χ1n) is 5.64. The van der Waals surface area contributed by atoms with Crippen LogP contribution in [0.5, 0.6) is 0 Å². The van der Waals surface area contributed by atoms with Crippen molar-refractivity contribution < 1.29 is 18.3 Å². The van der Waals surface area contributed by atoms with Crippen LogP contribution in [0, 0.1) is 0 Å². The molecule has 0 spiro atoms. The minimum atomic E-state index is -3.51. The van der Waals surface area contributed by atoms with Crippen molar-refractivity contribution in [3.8, 4) is 0 Å². The third-order valence-electron chi connectivity index (χ3n) is 2.53. The molecule has 18 heavy (non-hydrogen) atoms. The van der Waals surface area contributed by atoms with E-state index in [1.165, 1.54) is 12.1 Å². The van der Waals surface area contributed by atoms with E-state index in [1.54, 1.807) is 0 Å². The Morgan fingerprint density at radius 1 is 1.33 bits per heavy atom. The van der Waals surface area contributed by atoms with Gasteiger partial charge in [-0.3, -0.25) is 0 Å². The highest BCUT2D eigenvalue weighted by atomic mass is 35.5. The minimum absolute atomic E-state index is 0.0103. The molecule has 1 aromatic carbocycles. The van der Waals surface area contributed by atoms with Crippen LogP contribution in [0.2, 0.25) is 5.02 Å². The van der Waals surface area contributed by atoms with E-state index in [0.717, 1.165) is 18.9 Å². The number of rotatable bonds is 6. The molecule has 0 aliphatic rings. The highest BCUT2D eigenvalue weighted by Crippen LogP contribution is 2.24. The van der Waals surface area contributed by atoms with Gasteiger partial charge in [-0.1, -0.05) is 31.4 Å². The molecule has 6 heteroatoms. The van der Waals surface area contributed by atoms with E-state index in [9.17, 15) is 13.2 Å². The average Bonchev–Trinajstić information content (AvgIpc) is 2.29. The van der Waals surface area contributed by atoms with Crippen LogP contribution in [0.1, 0.15) is 36.5 Å². The summed E-state index contributed by atoms with van der Waals surface area (Å²) in [5.41, 5.74) is -0.0755. The molecule has 4 nitrogen and oxygen atoms in total. The first-order chi connectivity index (χ1) is 8.38. The molecule has 0 radical (unpaired) electrons. The molecule has 0 aliphatic heterocycles. The number of carboxylic acid groups (broad SMARTS) is 1. The zero-order valence-electron chi connectivity index (χ0n) is 10.0. The van der Waals surface area contributed by atoms with E-state index in [2.05, 4.69) is 0 Å². The van der Waals surface area contributed by atoms with Gasteiger partial charge < -0.3 is 5.11 Å². The predicted octanol–water partition coefficient (Wildman–Crippen LogP) is 3.00. The zero-order chi connectivity index (χ0) is 13.8. The van der Waals surface area contributed by atoms with Crippen LogP contribution in [0.4, 0.5) is 0 Å². The molecule has 0 saturated carbocycles. The van der Waals surface area contributed by atoms with Gasteiger partial charge >= 0.3 is 5.97 Å². The zero-order valence-corrected chi connectivity index (χ0v) is 11.6. The number of carbonyl (C=O) groups is 1. The fourth-order valence-corrected chi connectivity index (χ4v) is 3.47. The summed E-state index contributed by atoms with van der Waals surface area (Å²) in [5, 5.41) is 8.91. The Kier molecular flexibility index (Phi) is 5.16. The second-order valence-corrected chi connectivity index (χ2v) is 6.46. The van der Waals surface area contributed by atoms with Crippen LogP contribution in [0.25, 0.3) is 0 Å². The van der Waals surface area contributed by atoms with Crippen molar-refractivity contribution in [3.05, 3.63) is 28.8 Å². The third kappa shape index (κ3) is 3.71. The van der Waals surface area contributed by atoms with Crippen LogP contribution in [-0.2, 0) is 9.84 Å². The van der Waals surface area contributed by atoms with Gasteiger partial charge in [0.1, 0.15) is 0 Å². The first kappa shape index (κ1) is 15.0. The molecule has 0 atom stereocenters. The van der Waals surface area contributed by atoms with Crippen LogP contribution >= 0.6 is 11.6 Å². The summed E-state index contributed by atoms with van der Waals surface area (Å²) < 4.78 is 24.1. The molecule has 1 N–H and O–H groups in total. The van der Waals surface area contributed by atoms with Crippen molar-refractivity contribution in [1.29, 1.82) is 0 Å². The summed E-state index contributed by atoms with van der Waals surface area (Å²) in [7, 11) is -3.51. The predicted molar refractivity (Wildman–Crippen MR) is 70.0 cm³/mol. The van der Waals surface area contributed by atoms with E-state index in [-0.39, 0.29) is 21.2 Å². The summed E-state index contributed by atoms with van der Waals surface area (Å²) >= 11 is 5.83. The Morgan fingerprint density at radius 2 is 2.00 bits per heavy atom. The Labute approximate surface area is 112 Å². The maximum absolute atomic E-state index is 12.0. The van der Waals surface area contributed by atoms with E-state index in [4.69, 9.17) is 16.7 Å². The molecular weight excluding hydrogens is 276 g/mol. The molecule has 0 amide bonds. The number of unbranched alkanes of at least 4 members (excludes halogenated alkanes) is 2. The molecule has 1 rings (SSSR count). The van der Waals surface area contributed by atoms with Gasteiger partial charge in [-0.05, 0) is 24.6 Å². The number of hydrogen-bond donors (Lipinski definition) is 1. The highest BCUT2D eigenvalue weighted by Gasteiger charge is 2.19. The topological polar surface area (TPSA) is 71.4 Å². The molecule has 0 fully saturated rings. The van der Waals surface area contributed by atoms with Crippen molar-refractivity contribution in [2.75, 3.05) is 5.75 Å². The van der Waals surface area contributed by atoms with Gasteiger partial charge in [0.2, 0.25) is 0 Å². The minimum Gasteiger partial charge on any atom is -0.478 e. The van der Waals surface area contributed by atoms with E-state index < -0.39 is 15.8 Å². The molecule has 0 aliphatic carbocycles. The van der Waals surface area contributed by atoms with Gasteiger partial charge in [-0.2, -0.15) is 0 Å². The Bertz CT molecular complexity index is 537. The SMILES string of the molecule is CCCCCS(=O)(=O)c1cc(C(=O)O)ccc1Cl. The van der Waals surface area contributed by atoms with Gasteiger partial charge in [0.05, 0.1) is 21.2 Å². The molecule has 0 aromatic heterocycles. The average molecular weight is 291 g/mol. The van der Waals surface area contributed by atoms with Gasteiger partial charge in [0.15, 0.2) is 9.84 Å². The maximum atomic E-state index is 12.0. The number of hydrogen-bond acceptors (Lipinski definition) is 3. The number of carboxylic acids is 1. The second-order valence-electron chi connectivity index (χ2n) is 3.98. The summed E-state index contributed by atoms with van der Waals surface area (Å²) in [5.74, 6) is -1.18. The highest BCUT2D eigenvalue weighted by molar-refractivity contribution is 7.91. The quantitative estimate of drug-likeness (QED) is 0.818. The summed E-state index contributed by atoms with van der Waals surface area (Å²) in [6.07, 6.45) is 2.28. The third-order valence-corrected chi connectivity index (χ3v) is 4.81. The lowest BCUT2D eigenvalue weighted by Gasteiger charge is -2.07. The van der Waals surface area contributed by atoms with Gasteiger partial charge in [0, 0.05) is 0 Å². The number of sulfone groups is 1. The number of halogens is 1. The lowest BCUT2D eigenvalue weighted by Crippen LogP contribution is -2.09. The molecular formula is C12H15ClO4S. The summed E-state index contributed by atoms with van der Waals surface area (Å²) in [6, 6.07) is 3.71. The fraction of sp³-hybridized carbons (Fsp3) is 0.417. The number of aromatic carboxylic acids is 1. The smallest absolute Gasteiger partial charge is 0.335 e. The molecule has 0 unspecified atom stereocenters. The Morgan fingerprint density at radius 3 is 2.56 bits per heavy atom. The van der Waals surface area contributed by atoms with Crippen molar-refractivity contribution in [3.63, 3.8) is 0 Å². The molecule has 100 valence electrons. The van der Waals surface area contributed by atoms with E-state index in [1.807, 2.05) is 6.92 Å². The van der Waals surface area contributed by atoms with Crippen molar-refractivity contribution >= 4 is 27.4 Å². The number of benzene rings is 1. The van der Waals surface area contributed by atoms with Crippen molar-refractivity contribution in [2.24, 2.45) is 0 Å². The molecule has 1 aromatic rings. The van der Waals surface area contributed by atoms with Crippen molar-refractivity contribution in [2.45, 2.75) is 31.1 Å². The monoisotopic (exact) mass is 290 g/mol. The summed E-state index contributed by atoms with van der Waals surface area (Å²) in [4.78, 5) is 10.7. The first-order valence-corrected chi connectivity index (χ1v) is 7.67. The van der Waals surface area contributed by atoms with Gasteiger partial charge in [0.25, 0.3) is 0 Å². The van der Waals surface area contributed by atoms with Crippen LogP contribution in [0.3, 0.4) is 0 Å². The largest absolute Gasteiger partial charge is 0.478 e. The van der Waals surface area contributed by atoms with Crippen LogP contribution in [-0.4, -0.2) is 25.2 Å². The van der Waals surface area contributed by atoms with E-state index in [0.29, 0.717) is 6.42 Å². The second kappa shape index (κ2) is 6.20. The molecule has 0 saturated heterocycles. The van der Waals surface area contributed by atoms with Gasteiger partial charge in [-0.25, -0.2) is 13.2 Å². The van der Waals surface area contributed by atoms with Crippen LogP contribution < -0.4 is 0 Å². The van der Waals surface area contributed by atoms with Crippen molar-refractivity contribution in [1.82, 2.24) is 0 Å².